The standard InChI is InChI=1S/C13H13N3O4S/c1-8-2-4-10(6-11(8)21(14,19)20)16-13(18)9-3-5-12(17)15-7-9/h2-7H,1H3,(H,15,17)(H,16,18)(H2,14,19,20). The van der Waals surface area contributed by atoms with Crippen LogP contribution in [0.3, 0.4) is 0 Å². The van der Waals surface area contributed by atoms with Gasteiger partial charge in [-0.25, -0.2) is 13.6 Å². The summed E-state index contributed by atoms with van der Waals surface area (Å²) in [5, 5.41) is 7.64. The van der Waals surface area contributed by atoms with Gasteiger partial charge in [0.15, 0.2) is 0 Å². The van der Waals surface area contributed by atoms with E-state index in [2.05, 4.69) is 10.3 Å². The number of nitrogens with one attached hydrogen (secondary N) is 2. The van der Waals surface area contributed by atoms with Crippen molar-refractivity contribution >= 4 is 21.6 Å². The fourth-order valence-corrected chi connectivity index (χ4v) is 2.55. The van der Waals surface area contributed by atoms with Crippen LogP contribution < -0.4 is 16.0 Å². The Morgan fingerprint density at radius 1 is 1.24 bits per heavy atom. The van der Waals surface area contributed by atoms with Crippen molar-refractivity contribution in [3.05, 3.63) is 58.0 Å². The molecule has 0 spiro atoms. The van der Waals surface area contributed by atoms with E-state index in [4.69, 9.17) is 5.14 Å². The van der Waals surface area contributed by atoms with Crippen LogP contribution in [-0.2, 0) is 10.0 Å². The number of carbonyl (C=O) groups is 1. The van der Waals surface area contributed by atoms with E-state index in [1.807, 2.05) is 0 Å². The average Bonchev–Trinajstić information content (AvgIpc) is 2.40. The minimum Gasteiger partial charge on any atom is -0.328 e. The van der Waals surface area contributed by atoms with Gasteiger partial charge in [-0.3, -0.25) is 9.59 Å². The third-order valence-electron chi connectivity index (χ3n) is 2.80. The molecule has 8 heteroatoms. The Morgan fingerprint density at radius 2 is 1.95 bits per heavy atom. The van der Waals surface area contributed by atoms with Gasteiger partial charge < -0.3 is 10.3 Å². The predicted octanol–water partition coefficient (Wildman–Crippen LogP) is 0.583. The number of aryl methyl sites for hydroxylation is 1. The van der Waals surface area contributed by atoms with Gasteiger partial charge in [-0.1, -0.05) is 6.07 Å². The highest BCUT2D eigenvalue weighted by atomic mass is 32.2. The maximum absolute atomic E-state index is 12.0. The van der Waals surface area contributed by atoms with E-state index < -0.39 is 15.9 Å². The fraction of sp³-hybridized carbons (Fsp3) is 0.0769. The van der Waals surface area contributed by atoms with Crippen LogP contribution in [0.25, 0.3) is 0 Å². The second-order valence-electron chi connectivity index (χ2n) is 4.42. The monoisotopic (exact) mass is 307 g/mol. The van der Waals surface area contributed by atoms with Crippen LogP contribution >= 0.6 is 0 Å². The highest BCUT2D eigenvalue weighted by molar-refractivity contribution is 7.89. The maximum atomic E-state index is 12.0. The summed E-state index contributed by atoms with van der Waals surface area (Å²) in [5.74, 6) is -0.476. The molecule has 1 heterocycles. The number of benzene rings is 1. The number of aromatic nitrogens is 1. The molecule has 0 aliphatic rings. The van der Waals surface area contributed by atoms with Crippen molar-refractivity contribution in [2.24, 2.45) is 5.14 Å². The summed E-state index contributed by atoms with van der Waals surface area (Å²) in [5.41, 5.74) is 0.700. The van der Waals surface area contributed by atoms with Crippen molar-refractivity contribution in [3.8, 4) is 0 Å². The van der Waals surface area contributed by atoms with Gasteiger partial charge in [0.2, 0.25) is 15.6 Å². The van der Waals surface area contributed by atoms with Crippen LogP contribution in [0.4, 0.5) is 5.69 Å². The number of hydrogen-bond donors (Lipinski definition) is 3. The van der Waals surface area contributed by atoms with E-state index in [1.165, 1.54) is 24.4 Å². The zero-order valence-corrected chi connectivity index (χ0v) is 11.9. The maximum Gasteiger partial charge on any atom is 0.257 e. The highest BCUT2D eigenvalue weighted by Crippen LogP contribution is 2.19. The first-order valence-corrected chi connectivity index (χ1v) is 7.45. The summed E-state index contributed by atoms with van der Waals surface area (Å²) >= 11 is 0. The summed E-state index contributed by atoms with van der Waals surface area (Å²) in [6.07, 6.45) is 1.27. The van der Waals surface area contributed by atoms with Crippen molar-refractivity contribution in [2.75, 3.05) is 5.32 Å². The normalized spacial score (nSPS) is 11.1. The molecule has 0 aliphatic heterocycles. The number of sulfonamides is 1. The summed E-state index contributed by atoms with van der Waals surface area (Å²) in [4.78, 5) is 25.2. The van der Waals surface area contributed by atoms with E-state index in [9.17, 15) is 18.0 Å². The zero-order chi connectivity index (χ0) is 15.6. The number of amides is 1. The molecule has 1 amide bonds. The Balaban J connectivity index is 2.30. The first-order chi connectivity index (χ1) is 9.77. The molecule has 0 saturated carbocycles. The van der Waals surface area contributed by atoms with Gasteiger partial charge in [-0.2, -0.15) is 0 Å². The lowest BCUT2D eigenvalue weighted by molar-refractivity contribution is 0.102. The number of primary sulfonamides is 1. The number of rotatable bonds is 3. The van der Waals surface area contributed by atoms with Crippen LogP contribution in [0.5, 0.6) is 0 Å². The van der Waals surface area contributed by atoms with Crippen LogP contribution in [0.1, 0.15) is 15.9 Å². The molecule has 0 fully saturated rings. The predicted molar refractivity (Wildman–Crippen MR) is 77.6 cm³/mol. The van der Waals surface area contributed by atoms with Gasteiger partial charge in [0.25, 0.3) is 5.91 Å². The van der Waals surface area contributed by atoms with Crippen LogP contribution in [0, 0.1) is 6.92 Å². The van der Waals surface area contributed by atoms with Crippen molar-refractivity contribution in [2.45, 2.75) is 11.8 Å². The average molecular weight is 307 g/mol. The molecular formula is C13H13N3O4S. The topological polar surface area (TPSA) is 122 Å². The third-order valence-corrected chi connectivity index (χ3v) is 3.85. The molecule has 0 aliphatic carbocycles. The van der Waals surface area contributed by atoms with Crippen molar-refractivity contribution in [1.82, 2.24) is 4.98 Å². The van der Waals surface area contributed by atoms with Crippen LogP contribution in [-0.4, -0.2) is 19.3 Å². The lowest BCUT2D eigenvalue weighted by Gasteiger charge is -2.08. The molecule has 2 aromatic rings. The first-order valence-electron chi connectivity index (χ1n) is 5.91. The number of H-pyrrole nitrogens is 1. The Hall–Kier alpha value is -2.45. The van der Waals surface area contributed by atoms with E-state index in [1.54, 1.807) is 19.1 Å². The number of hydrogen-bond acceptors (Lipinski definition) is 4. The second kappa shape index (κ2) is 5.51. The molecule has 0 saturated heterocycles. The largest absolute Gasteiger partial charge is 0.328 e. The van der Waals surface area contributed by atoms with E-state index in [0.717, 1.165) is 0 Å². The number of pyridine rings is 1. The summed E-state index contributed by atoms with van der Waals surface area (Å²) in [6, 6.07) is 6.98. The molecule has 0 radical (unpaired) electrons. The molecule has 21 heavy (non-hydrogen) atoms. The lowest BCUT2D eigenvalue weighted by Crippen LogP contribution is -2.17. The molecule has 2 rings (SSSR count). The second-order valence-corrected chi connectivity index (χ2v) is 5.95. The SMILES string of the molecule is Cc1ccc(NC(=O)c2ccc(=O)[nH]c2)cc1S(N)(=O)=O. The van der Waals surface area contributed by atoms with Gasteiger partial charge >= 0.3 is 0 Å². The minimum atomic E-state index is -3.86. The lowest BCUT2D eigenvalue weighted by atomic mass is 10.2. The van der Waals surface area contributed by atoms with Crippen molar-refractivity contribution in [1.29, 1.82) is 0 Å². The number of aromatic amines is 1. The number of anilines is 1. The van der Waals surface area contributed by atoms with Crippen LogP contribution in [0.2, 0.25) is 0 Å². The molecule has 110 valence electrons. The molecule has 1 aromatic heterocycles. The molecule has 0 bridgehead atoms. The van der Waals surface area contributed by atoms with Crippen molar-refractivity contribution < 1.29 is 13.2 Å². The molecule has 1 aromatic carbocycles. The van der Waals surface area contributed by atoms with Gasteiger partial charge in [0, 0.05) is 18.0 Å². The Kier molecular flexibility index (Phi) is 3.92. The van der Waals surface area contributed by atoms with Crippen molar-refractivity contribution in [3.63, 3.8) is 0 Å². The molecule has 0 atom stereocenters. The molecule has 4 N–H and O–H groups in total. The van der Waals surface area contributed by atoms with E-state index >= 15 is 0 Å². The first kappa shape index (κ1) is 14.9. The van der Waals surface area contributed by atoms with Gasteiger partial charge in [-0.15, -0.1) is 0 Å². The Bertz CT molecular complexity index is 835. The van der Waals surface area contributed by atoms with Gasteiger partial charge in [0.05, 0.1) is 10.5 Å². The smallest absolute Gasteiger partial charge is 0.257 e. The Morgan fingerprint density at radius 3 is 2.52 bits per heavy atom. The zero-order valence-electron chi connectivity index (χ0n) is 11.1. The number of carbonyl (C=O) groups excluding carboxylic acids is 1. The van der Waals surface area contributed by atoms with E-state index in [-0.39, 0.29) is 16.0 Å². The Labute approximate surface area is 120 Å². The fourth-order valence-electron chi connectivity index (χ4n) is 1.74. The third kappa shape index (κ3) is 3.56. The van der Waals surface area contributed by atoms with Crippen LogP contribution in [0.15, 0.2) is 46.2 Å². The van der Waals surface area contributed by atoms with Gasteiger partial charge in [0.1, 0.15) is 0 Å². The number of nitrogens with two attached hydrogens (primary N) is 1. The molecule has 0 unspecified atom stereocenters. The molecular weight excluding hydrogens is 294 g/mol. The van der Waals surface area contributed by atoms with E-state index in [0.29, 0.717) is 11.3 Å². The van der Waals surface area contributed by atoms with Gasteiger partial charge in [-0.05, 0) is 30.7 Å². The minimum absolute atomic E-state index is 0.0539. The summed E-state index contributed by atoms with van der Waals surface area (Å²) in [6.45, 7) is 1.60. The summed E-state index contributed by atoms with van der Waals surface area (Å²) in [7, 11) is -3.86. The molecule has 7 nitrogen and oxygen atoms in total. The summed E-state index contributed by atoms with van der Waals surface area (Å²) < 4.78 is 22.8. The highest BCUT2D eigenvalue weighted by Gasteiger charge is 2.13. The quantitative estimate of drug-likeness (QED) is 0.767.